The maximum Gasteiger partial charge on any atom is 0.411 e. The predicted octanol–water partition coefficient (Wildman–Crippen LogP) is 1.74. The lowest BCUT2D eigenvalue weighted by molar-refractivity contribution is 0.0690. The van der Waals surface area contributed by atoms with Crippen molar-refractivity contribution in [3.05, 3.63) is 24.0 Å². The Kier molecular flexibility index (Phi) is 3.82. The molecule has 6 heteroatoms. The molecule has 0 spiro atoms. The molecule has 0 aliphatic heterocycles. The van der Waals surface area contributed by atoms with Gasteiger partial charge in [-0.25, -0.2) is 14.6 Å². The number of amides is 1. The Bertz CT molecular complexity index is 404. The van der Waals surface area contributed by atoms with Crippen molar-refractivity contribution in [3.8, 4) is 0 Å². The number of carbonyl (C=O) groups excluding carboxylic acids is 1. The summed E-state index contributed by atoms with van der Waals surface area (Å²) in [6, 6.07) is 2.73. The summed E-state index contributed by atoms with van der Waals surface area (Å²) in [6.45, 7) is 3.43. The maximum atomic E-state index is 11.2. The zero-order valence-electron chi connectivity index (χ0n) is 8.93. The van der Waals surface area contributed by atoms with E-state index in [1.807, 2.05) is 0 Å². The first-order chi connectivity index (χ1) is 7.49. The van der Waals surface area contributed by atoms with Crippen LogP contribution in [-0.4, -0.2) is 28.3 Å². The minimum atomic E-state index is -1.15. The van der Waals surface area contributed by atoms with Gasteiger partial charge in [0.25, 0.3) is 0 Å². The van der Waals surface area contributed by atoms with E-state index < -0.39 is 12.1 Å². The van der Waals surface area contributed by atoms with Crippen LogP contribution in [0.4, 0.5) is 10.5 Å². The number of carbonyl (C=O) groups is 2. The SMILES string of the molecule is CC(C)OC(=O)Nc1ccnc(C(=O)O)c1. The predicted molar refractivity (Wildman–Crippen MR) is 56.4 cm³/mol. The standard InChI is InChI=1S/C10H12N2O4/c1-6(2)16-10(15)12-7-3-4-11-8(5-7)9(13)14/h3-6H,1-2H3,(H,13,14)(H,11,12,15). The Morgan fingerprint density at radius 1 is 1.50 bits per heavy atom. The van der Waals surface area contributed by atoms with E-state index in [9.17, 15) is 9.59 Å². The van der Waals surface area contributed by atoms with E-state index in [0.717, 1.165) is 0 Å². The van der Waals surface area contributed by atoms with Gasteiger partial charge in [-0.1, -0.05) is 0 Å². The second kappa shape index (κ2) is 5.11. The fourth-order valence-corrected chi connectivity index (χ4v) is 0.987. The molecule has 0 bridgehead atoms. The number of hydrogen-bond acceptors (Lipinski definition) is 4. The third-order valence-electron chi connectivity index (χ3n) is 1.57. The van der Waals surface area contributed by atoms with Crippen LogP contribution in [0.1, 0.15) is 24.3 Å². The molecule has 0 saturated heterocycles. The number of hydrogen-bond donors (Lipinski definition) is 2. The minimum Gasteiger partial charge on any atom is -0.477 e. The molecule has 1 aromatic heterocycles. The van der Waals surface area contributed by atoms with Crippen LogP contribution in [0.5, 0.6) is 0 Å². The van der Waals surface area contributed by atoms with Gasteiger partial charge in [0, 0.05) is 11.9 Å². The zero-order valence-corrected chi connectivity index (χ0v) is 8.93. The van der Waals surface area contributed by atoms with Crippen LogP contribution in [0, 0.1) is 0 Å². The fraction of sp³-hybridized carbons (Fsp3) is 0.300. The summed E-state index contributed by atoms with van der Waals surface area (Å²) >= 11 is 0. The number of pyridine rings is 1. The number of rotatable bonds is 3. The van der Waals surface area contributed by atoms with Crippen LogP contribution in [0.15, 0.2) is 18.3 Å². The molecule has 1 aromatic rings. The zero-order chi connectivity index (χ0) is 12.1. The second-order valence-corrected chi connectivity index (χ2v) is 3.31. The summed E-state index contributed by atoms with van der Waals surface area (Å²) in [5.41, 5.74) is 0.195. The molecule has 0 fully saturated rings. The molecule has 16 heavy (non-hydrogen) atoms. The van der Waals surface area contributed by atoms with Gasteiger partial charge in [-0.3, -0.25) is 5.32 Å². The van der Waals surface area contributed by atoms with Gasteiger partial charge in [-0.05, 0) is 26.0 Å². The number of ether oxygens (including phenoxy) is 1. The average molecular weight is 224 g/mol. The number of carboxylic acid groups (broad SMARTS) is 1. The Balaban J connectivity index is 2.70. The van der Waals surface area contributed by atoms with Crippen molar-refractivity contribution >= 4 is 17.7 Å². The minimum absolute atomic E-state index is 0.137. The van der Waals surface area contributed by atoms with Gasteiger partial charge in [-0.2, -0.15) is 0 Å². The summed E-state index contributed by atoms with van der Waals surface area (Å²) < 4.78 is 4.84. The Hall–Kier alpha value is -2.11. The quantitative estimate of drug-likeness (QED) is 0.816. The normalized spacial score (nSPS) is 9.94. The van der Waals surface area contributed by atoms with Crippen molar-refractivity contribution in [2.45, 2.75) is 20.0 Å². The van der Waals surface area contributed by atoms with Gasteiger partial charge in [-0.15, -0.1) is 0 Å². The number of aromatic carboxylic acids is 1. The fourth-order valence-electron chi connectivity index (χ4n) is 0.987. The van der Waals surface area contributed by atoms with E-state index in [1.54, 1.807) is 13.8 Å². The first-order valence-electron chi connectivity index (χ1n) is 4.66. The van der Waals surface area contributed by atoms with Crippen LogP contribution in [0.2, 0.25) is 0 Å². The van der Waals surface area contributed by atoms with E-state index in [0.29, 0.717) is 5.69 Å². The van der Waals surface area contributed by atoms with Gasteiger partial charge >= 0.3 is 12.1 Å². The lowest BCUT2D eigenvalue weighted by Gasteiger charge is -2.09. The lowest BCUT2D eigenvalue weighted by atomic mass is 10.3. The summed E-state index contributed by atoms with van der Waals surface area (Å²) in [5, 5.41) is 11.1. The maximum absolute atomic E-state index is 11.2. The van der Waals surface area contributed by atoms with E-state index in [2.05, 4.69) is 10.3 Å². The lowest BCUT2D eigenvalue weighted by Crippen LogP contribution is -2.18. The van der Waals surface area contributed by atoms with Crippen LogP contribution < -0.4 is 5.32 Å². The first kappa shape index (κ1) is 12.0. The molecule has 1 heterocycles. The average Bonchev–Trinajstić information content (AvgIpc) is 2.16. The number of carboxylic acids is 1. The number of aromatic nitrogens is 1. The smallest absolute Gasteiger partial charge is 0.411 e. The molecule has 0 aliphatic carbocycles. The number of nitrogens with one attached hydrogen (secondary N) is 1. The van der Waals surface area contributed by atoms with Crippen molar-refractivity contribution in [1.82, 2.24) is 4.98 Å². The molecule has 0 aromatic carbocycles. The van der Waals surface area contributed by atoms with Crippen molar-refractivity contribution in [1.29, 1.82) is 0 Å². The number of nitrogens with zero attached hydrogens (tertiary/aromatic N) is 1. The topological polar surface area (TPSA) is 88.5 Å². The van der Waals surface area contributed by atoms with Crippen molar-refractivity contribution < 1.29 is 19.4 Å². The highest BCUT2D eigenvalue weighted by Crippen LogP contribution is 2.08. The van der Waals surface area contributed by atoms with Crippen molar-refractivity contribution in [2.24, 2.45) is 0 Å². The van der Waals surface area contributed by atoms with Gasteiger partial charge < -0.3 is 9.84 Å². The summed E-state index contributed by atoms with van der Waals surface area (Å²) in [6.07, 6.45) is 0.437. The molecule has 1 rings (SSSR count). The van der Waals surface area contributed by atoms with Gasteiger partial charge in [0.15, 0.2) is 0 Å². The van der Waals surface area contributed by atoms with E-state index in [4.69, 9.17) is 9.84 Å². The largest absolute Gasteiger partial charge is 0.477 e. The molecule has 0 unspecified atom stereocenters. The van der Waals surface area contributed by atoms with E-state index in [-0.39, 0.29) is 11.8 Å². The third kappa shape index (κ3) is 3.56. The van der Waals surface area contributed by atoms with Crippen LogP contribution in [0.3, 0.4) is 0 Å². The van der Waals surface area contributed by atoms with Gasteiger partial charge in [0.2, 0.25) is 0 Å². The van der Waals surface area contributed by atoms with Gasteiger partial charge in [0.1, 0.15) is 5.69 Å². The molecule has 2 N–H and O–H groups in total. The summed E-state index contributed by atoms with van der Waals surface area (Å²) in [4.78, 5) is 25.4. The van der Waals surface area contributed by atoms with E-state index in [1.165, 1.54) is 18.3 Å². The Labute approximate surface area is 92.3 Å². The molecule has 0 atom stereocenters. The van der Waals surface area contributed by atoms with Gasteiger partial charge in [0.05, 0.1) is 6.10 Å². The van der Waals surface area contributed by atoms with Crippen LogP contribution in [-0.2, 0) is 4.74 Å². The summed E-state index contributed by atoms with van der Waals surface area (Å²) in [5.74, 6) is -1.15. The molecule has 0 aliphatic rings. The third-order valence-corrected chi connectivity index (χ3v) is 1.57. The molecule has 0 saturated carbocycles. The summed E-state index contributed by atoms with van der Waals surface area (Å²) in [7, 11) is 0. The Morgan fingerprint density at radius 2 is 2.19 bits per heavy atom. The van der Waals surface area contributed by atoms with Crippen molar-refractivity contribution in [2.75, 3.05) is 5.32 Å². The highest BCUT2D eigenvalue weighted by Gasteiger charge is 2.08. The highest BCUT2D eigenvalue weighted by molar-refractivity contribution is 5.89. The molecule has 6 nitrogen and oxygen atoms in total. The highest BCUT2D eigenvalue weighted by atomic mass is 16.6. The first-order valence-corrected chi connectivity index (χ1v) is 4.66. The molecule has 1 amide bonds. The Morgan fingerprint density at radius 3 is 2.75 bits per heavy atom. The van der Waals surface area contributed by atoms with Crippen LogP contribution in [0.25, 0.3) is 0 Å². The molecular formula is C10H12N2O4. The molecule has 86 valence electrons. The molecular weight excluding hydrogens is 212 g/mol. The van der Waals surface area contributed by atoms with Crippen LogP contribution >= 0.6 is 0 Å². The second-order valence-electron chi connectivity index (χ2n) is 3.31. The monoisotopic (exact) mass is 224 g/mol. The van der Waals surface area contributed by atoms with Crippen molar-refractivity contribution in [3.63, 3.8) is 0 Å². The number of anilines is 1. The molecule has 0 radical (unpaired) electrons. The van der Waals surface area contributed by atoms with E-state index >= 15 is 0 Å².